The number of aliphatic hydroxyl groups excluding tert-OH is 1. The minimum atomic E-state index is -0.0582. The molecule has 0 amide bonds. The lowest BCUT2D eigenvalue weighted by Gasteiger charge is -2.26. The van der Waals surface area contributed by atoms with E-state index in [2.05, 4.69) is 5.43 Å². The molecule has 1 rings (SSSR count). The number of aliphatic hydroxyl groups is 1. The number of nitrogens with one attached hydrogen (secondary N) is 1. The Hall–Kier alpha value is 0.190. The van der Waals surface area contributed by atoms with Gasteiger partial charge in [0, 0.05) is 13.6 Å². The SMILES string of the molecule is CN1CN(CCO)C([S-])N1. The molecule has 1 unspecified atom stereocenters. The van der Waals surface area contributed by atoms with Crippen LogP contribution in [0.4, 0.5) is 0 Å². The third-order valence-corrected chi connectivity index (χ3v) is 1.85. The molecule has 0 aliphatic carbocycles. The minimum absolute atomic E-state index is 0.0582. The van der Waals surface area contributed by atoms with Gasteiger partial charge in [-0.1, -0.05) is 0 Å². The van der Waals surface area contributed by atoms with E-state index in [1.807, 2.05) is 17.0 Å². The summed E-state index contributed by atoms with van der Waals surface area (Å²) in [6, 6.07) is 0. The van der Waals surface area contributed by atoms with Gasteiger partial charge in [-0.3, -0.25) is 10.3 Å². The normalized spacial score (nSPS) is 29.7. The predicted molar refractivity (Wildman–Crippen MR) is 40.7 cm³/mol. The van der Waals surface area contributed by atoms with Crippen LogP contribution in [-0.4, -0.2) is 47.4 Å². The summed E-state index contributed by atoms with van der Waals surface area (Å²) in [5, 5.41) is 10.5. The van der Waals surface area contributed by atoms with Crippen LogP contribution in [0.3, 0.4) is 0 Å². The lowest BCUT2D eigenvalue weighted by atomic mass is 10.6. The number of hydrazine groups is 1. The van der Waals surface area contributed by atoms with E-state index in [-0.39, 0.29) is 12.1 Å². The van der Waals surface area contributed by atoms with Crippen molar-refractivity contribution in [2.45, 2.75) is 5.50 Å². The molecule has 1 atom stereocenters. The topological polar surface area (TPSA) is 38.7 Å². The first-order valence-electron chi connectivity index (χ1n) is 3.22. The quantitative estimate of drug-likeness (QED) is 0.484. The Bertz CT molecular complexity index is 113. The van der Waals surface area contributed by atoms with E-state index in [0.29, 0.717) is 6.54 Å². The monoisotopic (exact) mass is 162 g/mol. The Morgan fingerprint density at radius 1 is 1.80 bits per heavy atom. The van der Waals surface area contributed by atoms with Crippen LogP contribution in [-0.2, 0) is 12.6 Å². The van der Waals surface area contributed by atoms with E-state index in [1.165, 1.54) is 0 Å². The maximum Gasteiger partial charge on any atom is 0.0639 e. The maximum atomic E-state index is 8.60. The summed E-state index contributed by atoms with van der Waals surface area (Å²) in [7, 11) is 1.93. The summed E-state index contributed by atoms with van der Waals surface area (Å²) in [6.07, 6.45) is 0. The summed E-state index contributed by atoms with van der Waals surface area (Å²) in [5.41, 5.74) is 2.96. The van der Waals surface area contributed by atoms with E-state index in [4.69, 9.17) is 17.7 Å². The van der Waals surface area contributed by atoms with Crippen LogP contribution in [0.5, 0.6) is 0 Å². The molecule has 0 aromatic rings. The lowest BCUT2D eigenvalue weighted by Crippen LogP contribution is -2.36. The van der Waals surface area contributed by atoms with Gasteiger partial charge in [0.2, 0.25) is 0 Å². The van der Waals surface area contributed by atoms with Crippen molar-refractivity contribution in [2.75, 3.05) is 26.9 Å². The van der Waals surface area contributed by atoms with E-state index in [9.17, 15) is 0 Å². The molecule has 10 heavy (non-hydrogen) atoms. The molecule has 60 valence electrons. The van der Waals surface area contributed by atoms with Crippen molar-refractivity contribution in [3.05, 3.63) is 0 Å². The van der Waals surface area contributed by atoms with Gasteiger partial charge >= 0.3 is 0 Å². The molecule has 1 heterocycles. The molecule has 1 saturated heterocycles. The second-order valence-corrected chi connectivity index (χ2v) is 2.80. The average Bonchev–Trinajstić information content (AvgIpc) is 2.13. The molecule has 4 nitrogen and oxygen atoms in total. The van der Waals surface area contributed by atoms with Gasteiger partial charge in [-0.25, -0.2) is 5.01 Å². The molecule has 1 fully saturated rings. The van der Waals surface area contributed by atoms with Crippen LogP contribution in [0.25, 0.3) is 0 Å². The highest BCUT2D eigenvalue weighted by Gasteiger charge is 2.16. The highest BCUT2D eigenvalue weighted by Crippen LogP contribution is 2.02. The average molecular weight is 162 g/mol. The molecular formula is C5H12N3OS-. The van der Waals surface area contributed by atoms with Crippen molar-refractivity contribution in [3.8, 4) is 0 Å². The Labute approximate surface area is 66.2 Å². The van der Waals surface area contributed by atoms with E-state index in [0.717, 1.165) is 6.67 Å². The second-order valence-electron chi connectivity index (χ2n) is 2.36. The molecular weight excluding hydrogens is 150 g/mol. The fourth-order valence-corrected chi connectivity index (χ4v) is 1.33. The van der Waals surface area contributed by atoms with Crippen molar-refractivity contribution in [3.63, 3.8) is 0 Å². The number of β-amino-alcohol motifs (C(OH)–C–C–N with tert-alkyl or cyclic N) is 1. The van der Waals surface area contributed by atoms with Crippen molar-refractivity contribution in [1.82, 2.24) is 15.3 Å². The molecule has 1 aliphatic rings. The van der Waals surface area contributed by atoms with E-state index >= 15 is 0 Å². The highest BCUT2D eigenvalue weighted by molar-refractivity contribution is 7.59. The standard InChI is InChI=1S/C5H13N3OS/c1-7-4-8(2-3-9)5(10)6-7/h5-6,9-10H,2-4H2,1H3/p-1. The summed E-state index contributed by atoms with van der Waals surface area (Å²) >= 11 is 5.03. The third-order valence-electron chi connectivity index (χ3n) is 1.44. The molecule has 2 N–H and O–H groups in total. The van der Waals surface area contributed by atoms with E-state index < -0.39 is 0 Å². The van der Waals surface area contributed by atoms with Gasteiger partial charge in [0.25, 0.3) is 0 Å². The molecule has 0 radical (unpaired) electrons. The van der Waals surface area contributed by atoms with Crippen molar-refractivity contribution in [1.29, 1.82) is 0 Å². The van der Waals surface area contributed by atoms with Crippen molar-refractivity contribution < 1.29 is 5.11 Å². The molecule has 5 heteroatoms. The van der Waals surface area contributed by atoms with Gasteiger partial charge in [-0.2, -0.15) is 0 Å². The van der Waals surface area contributed by atoms with Gasteiger partial charge < -0.3 is 17.7 Å². The molecule has 0 spiro atoms. The second kappa shape index (κ2) is 3.54. The Morgan fingerprint density at radius 2 is 2.50 bits per heavy atom. The van der Waals surface area contributed by atoms with Gasteiger partial charge in [0.1, 0.15) is 0 Å². The van der Waals surface area contributed by atoms with Gasteiger partial charge in [0.15, 0.2) is 0 Å². The molecule has 0 aromatic heterocycles. The smallest absolute Gasteiger partial charge is 0.0639 e. The fraction of sp³-hybridized carbons (Fsp3) is 1.00. The zero-order valence-electron chi connectivity index (χ0n) is 5.95. The molecule has 1 aliphatic heterocycles. The van der Waals surface area contributed by atoms with Crippen LogP contribution in [0.1, 0.15) is 0 Å². The maximum absolute atomic E-state index is 8.60. The molecule has 0 aromatic carbocycles. The lowest BCUT2D eigenvalue weighted by molar-refractivity contribution is 0.196. The van der Waals surface area contributed by atoms with Crippen LogP contribution in [0.15, 0.2) is 0 Å². The number of hydrogen-bond donors (Lipinski definition) is 2. The van der Waals surface area contributed by atoms with Gasteiger partial charge in [-0.05, 0) is 5.50 Å². The van der Waals surface area contributed by atoms with Gasteiger partial charge in [-0.15, -0.1) is 0 Å². The first-order chi connectivity index (χ1) is 4.74. The van der Waals surface area contributed by atoms with Crippen molar-refractivity contribution >= 4 is 12.6 Å². The zero-order valence-corrected chi connectivity index (χ0v) is 6.77. The molecule has 0 bridgehead atoms. The summed E-state index contributed by atoms with van der Waals surface area (Å²) in [4.78, 5) is 1.98. The summed E-state index contributed by atoms with van der Waals surface area (Å²) in [5.74, 6) is 0. The minimum Gasteiger partial charge on any atom is -0.757 e. The third kappa shape index (κ3) is 1.83. The first-order valence-corrected chi connectivity index (χ1v) is 3.69. The Morgan fingerprint density at radius 3 is 2.90 bits per heavy atom. The Kier molecular flexibility index (Phi) is 2.94. The largest absolute Gasteiger partial charge is 0.757 e. The first kappa shape index (κ1) is 8.29. The fourth-order valence-electron chi connectivity index (χ4n) is 0.974. The van der Waals surface area contributed by atoms with Crippen LogP contribution in [0.2, 0.25) is 0 Å². The predicted octanol–water partition coefficient (Wildman–Crippen LogP) is -1.48. The van der Waals surface area contributed by atoms with Crippen molar-refractivity contribution in [2.24, 2.45) is 0 Å². The number of hydrogen-bond acceptors (Lipinski definition) is 5. The van der Waals surface area contributed by atoms with E-state index in [1.54, 1.807) is 0 Å². The van der Waals surface area contributed by atoms with Crippen LogP contribution >= 0.6 is 0 Å². The highest BCUT2D eigenvalue weighted by atomic mass is 32.1. The molecule has 0 saturated carbocycles. The summed E-state index contributed by atoms with van der Waals surface area (Å²) < 4.78 is 0. The van der Waals surface area contributed by atoms with Gasteiger partial charge in [0.05, 0.1) is 13.3 Å². The Balaban J connectivity index is 2.31. The summed E-state index contributed by atoms with van der Waals surface area (Å²) in [6.45, 7) is 1.60. The zero-order chi connectivity index (χ0) is 7.56. The number of nitrogens with zero attached hydrogens (tertiary/aromatic N) is 2. The van der Waals surface area contributed by atoms with Crippen LogP contribution < -0.4 is 5.43 Å². The number of rotatable bonds is 2. The van der Waals surface area contributed by atoms with Crippen LogP contribution in [0, 0.1) is 0 Å².